The normalized spacial score (nSPS) is 9.14. The molecule has 0 heterocycles. The Kier molecular flexibility index (Phi) is 4.62. The molecule has 0 spiro atoms. The average molecular weight is 208 g/mol. The minimum absolute atomic E-state index is 0.143. The van der Waals surface area contributed by atoms with Crippen molar-refractivity contribution in [1.29, 1.82) is 0 Å². The van der Waals surface area contributed by atoms with Gasteiger partial charge in [0.25, 0.3) is 6.08 Å². The van der Waals surface area contributed by atoms with Crippen LogP contribution in [0.5, 0.6) is 0 Å². The summed E-state index contributed by atoms with van der Waals surface area (Å²) in [7, 11) is 0. The third-order valence-corrected chi connectivity index (χ3v) is 1.14. The van der Waals surface area contributed by atoms with Gasteiger partial charge in [-0.25, -0.2) is 14.0 Å². The number of ether oxygens (including phenoxy) is 1. The van der Waals surface area contributed by atoms with E-state index in [1.165, 1.54) is 6.92 Å². The van der Waals surface area contributed by atoms with Crippen LogP contribution in [0.3, 0.4) is 0 Å². The van der Waals surface area contributed by atoms with Gasteiger partial charge >= 0.3 is 11.9 Å². The Morgan fingerprint density at radius 3 is 2.07 bits per heavy atom. The smallest absolute Gasteiger partial charge is 0.350 e. The fourth-order valence-electron chi connectivity index (χ4n) is 0.415. The molecular formula is C8H7F3O3. The van der Waals surface area contributed by atoms with E-state index in [1.807, 2.05) is 0 Å². The predicted molar refractivity (Wildman–Crippen MR) is 41.1 cm³/mol. The van der Waals surface area contributed by atoms with Gasteiger partial charge in [-0.2, -0.15) is 8.78 Å². The fraction of sp³-hybridized carbons (Fsp3) is 0.250. The van der Waals surface area contributed by atoms with Crippen molar-refractivity contribution >= 4 is 11.9 Å². The Morgan fingerprint density at radius 1 is 1.29 bits per heavy atom. The van der Waals surface area contributed by atoms with E-state index in [-0.39, 0.29) is 5.57 Å². The maximum atomic E-state index is 11.8. The Morgan fingerprint density at radius 2 is 1.79 bits per heavy atom. The molecule has 0 aromatic heterocycles. The van der Waals surface area contributed by atoms with Gasteiger partial charge < -0.3 is 4.74 Å². The van der Waals surface area contributed by atoms with Crippen molar-refractivity contribution in [3.05, 3.63) is 23.8 Å². The molecule has 6 heteroatoms. The first kappa shape index (κ1) is 12.4. The molecule has 14 heavy (non-hydrogen) atoms. The fourth-order valence-corrected chi connectivity index (χ4v) is 0.415. The number of hydrogen-bond acceptors (Lipinski definition) is 3. The molecule has 0 saturated carbocycles. The molecule has 0 aromatic carbocycles. The summed E-state index contributed by atoms with van der Waals surface area (Å²) in [6.07, 6.45) is -2.51. The minimum Gasteiger partial charge on any atom is -0.386 e. The Labute approximate surface area is 77.8 Å². The summed E-state index contributed by atoms with van der Waals surface area (Å²) >= 11 is 0. The van der Waals surface area contributed by atoms with Gasteiger partial charge in [0.2, 0.25) is 0 Å². The number of carbonyl (C=O) groups is 2. The van der Waals surface area contributed by atoms with Crippen LogP contribution in [0, 0.1) is 0 Å². The van der Waals surface area contributed by atoms with Gasteiger partial charge in [-0.15, -0.1) is 0 Å². The van der Waals surface area contributed by atoms with E-state index in [2.05, 4.69) is 11.3 Å². The van der Waals surface area contributed by atoms with Gasteiger partial charge in [0.05, 0.1) is 0 Å². The zero-order valence-corrected chi connectivity index (χ0v) is 7.27. The second-order valence-corrected chi connectivity index (χ2v) is 2.33. The summed E-state index contributed by atoms with van der Waals surface area (Å²) in [5.74, 6) is -2.86. The van der Waals surface area contributed by atoms with Crippen molar-refractivity contribution in [3.8, 4) is 0 Å². The second kappa shape index (κ2) is 5.21. The molecule has 0 aliphatic heterocycles. The van der Waals surface area contributed by atoms with E-state index in [1.54, 1.807) is 0 Å². The van der Waals surface area contributed by atoms with Crippen LogP contribution in [-0.2, 0) is 14.3 Å². The predicted octanol–water partition coefficient (Wildman–Crippen LogP) is 1.75. The van der Waals surface area contributed by atoms with E-state index in [9.17, 15) is 22.8 Å². The molecule has 0 aromatic rings. The molecule has 0 unspecified atom stereocenters. The molecule has 0 aliphatic rings. The lowest BCUT2D eigenvalue weighted by molar-refractivity contribution is -0.154. The third-order valence-electron chi connectivity index (χ3n) is 1.14. The van der Waals surface area contributed by atoms with E-state index >= 15 is 0 Å². The van der Waals surface area contributed by atoms with Crippen LogP contribution >= 0.6 is 0 Å². The molecule has 0 amide bonds. The first-order valence-electron chi connectivity index (χ1n) is 3.42. The highest BCUT2D eigenvalue weighted by atomic mass is 19.3. The van der Waals surface area contributed by atoms with Crippen LogP contribution in [0.25, 0.3) is 0 Å². The molecule has 78 valence electrons. The molecule has 3 nitrogen and oxygen atoms in total. The topological polar surface area (TPSA) is 43.4 Å². The molecule has 0 saturated heterocycles. The summed E-state index contributed by atoms with van der Waals surface area (Å²) in [6.45, 7) is 2.65. The van der Waals surface area contributed by atoms with Gasteiger partial charge in [0.1, 0.15) is 12.2 Å². The maximum absolute atomic E-state index is 11.8. The van der Waals surface area contributed by atoms with Gasteiger partial charge in [-0.3, -0.25) is 0 Å². The maximum Gasteiger partial charge on any atom is 0.350 e. The van der Waals surface area contributed by atoms with E-state index in [0.717, 1.165) is 0 Å². The van der Waals surface area contributed by atoms with Crippen LogP contribution in [0.4, 0.5) is 13.2 Å². The lowest BCUT2D eigenvalue weighted by Crippen LogP contribution is -2.16. The molecule has 0 fully saturated rings. The summed E-state index contributed by atoms with van der Waals surface area (Å²) in [5.41, 5.74) is -1.60. The van der Waals surface area contributed by atoms with Crippen LogP contribution < -0.4 is 0 Å². The van der Waals surface area contributed by atoms with Crippen molar-refractivity contribution in [3.63, 3.8) is 0 Å². The van der Waals surface area contributed by atoms with Gasteiger partial charge in [0, 0.05) is 5.57 Å². The van der Waals surface area contributed by atoms with Crippen molar-refractivity contribution < 1.29 is 27.5 Å². The zero-order chi connectivity index (χ0) is 11.3. The molecule has 0 radical (unpaired) electrons. The average Bonchev–Trinajstić information content (AvgIpc) is 2.04. The molecule has 0 rings (SSSR count). The lowest BCUT2D eigenvalue weighted by atomic mass is 10.3. The molecule has 0 aliphatic carbocycles. The molecule has 0 N–H and O–H groups in total. The van der Waals surface area contributed by atoms with Crippen molar-refractivity contribution in [1.82, 2.24) is 0 Å². The van der Waals surface area contributed by atoms with Crippen molar-refractivity contribution in [2.24, 2.45) is 0 Å². The van der Waals surface area contributed by atoms with Crippen LogP contribution in [-0.4, -0.2) is 18.6 Å². The molecular weight excluding hydrogens is 201 g/mol. The highest BCUT2D eigenvalue weighted by Gasteiger charge is 2.20. The Hall–Kier alpha value is -1.59. The Balaban J connectivity index is 4.58. The highest BCUT2D eigenvalue weighted by molar-refractivity contribution is 6.01. The third kappa shape index (κ3) is 3.42. The van der Waals surface area contributed by atoms with Crippen LogP contribution in [0.1, 0.15) is 6.92 Å². The van der Waals surface area contributed by atoms with Gasteiger partial charge in [-0.1, -0.05) is 6.58 Å². The van der Waals surface area contributed by atoms with Gasteiger partial charge in [0.15, 0.2) is 0 Å². The SMILES string of the molecule is C=C(C)C(=O)OC(=O)C(CF)=C(F)F. The summed E-state index contributed by atoms with van der Waals surface area (Å²) in [6, 6.07) is 0. The van der Waals surface area contributed by atoms with Gasteiger partial charge in [-0.05, 0) is 6.92 Å². The van der Waals surface area contributed by atoms with E-state index < -0.39 is 30.3 Å². The molecule has 0 atom stereocenters. The number of hydrogen-bond donors (Lipinski definition) is 0. The van der Waals surface area contributed by atoms with Crippen LogP contribution in [0.2, 0.25) is 0 Å². The quantitative estimate of drug-likeness (QED) is 0.403. The number of halogens is 3. The Bertz CT molecular complexity index is 303. The van der Waals surface area contributed by atoms with Crippen molar-refractivity contribution in [2.75, 3.05) is 6.67 Å². The summed E-state index contributed by atoms with van der Waals surface area (Å²) in [5, 5.41) is 0. The van der Waals surface area contributed by atoms with Crippen molar-refractivity contribution in [2.45, 2.75) is 6.92 Å². The number of carbonyl (C=O) groups excluding carboxylic acids is 2. The van der Waals surface area contributed by atoms with Crippen LogP contribution in [0.15, 0.2) is 23.8 Å². The highest BCUT2D eigenvalue weighted by Crippen LogP contribution is 2.11. The minimum atomic E-state index is -2.51. The number of alkyl halides is 1. The molecule has 0 bridgehead atoms. The summed E-state index contributed by atoms with van der Waals surface area (Å²) < 4.78 is 39.3. The summed E-state index contributed by atoms with van der Waals surface area (Å²) in [4.78, 5) is 21.3. The van der Waals surface area contributed by atoms with E-state index in [0.29, 0.717) is 0 Å². The lowest BCUT2D eigenvalue weighted by Gasteiger charge is -2.01. The number of rotatable bonds is 3. The first-order chi connectivity index (χ1) is 6.40. The first-order valence-corrected chi connectivity index (χ1v) is 3.42. The van der Waals surface area contributed by atoms with E-state index in [4.69, 9.17) is 0 Å². The zero-order valence-electron chi connectivity index (χ0n) is 7.27. The monoisotopic (exact) mass is 208 g/mol. The standard InChI is InChI=1S/C8H7F3O3/c1-4(2)7(12)14-8(13)5(3-9)6(10)11/h1,3H2,2H3. The second-order valence-electron chi connectivity index (χ2n) is 2.33. The number of esters is 2. The largest absolute Gasteiger partial charge is 0.386 e.